The molecule has 2 saturated carbocycles. The molecule has 3 fully saturated rings. The molecule has 6 rings (SSSR count). The summed E-state index contributed by atoms with van der Waals surface area (Å²) in [5.74, 6) is 3.06. The maximum Gasteiger partial charge on any atom is 0.165 e. The highest BCUT2D eigenvalue weighted by molar-refractivity contribution is 6.06. The maximum atomic E-state index is 13.7. The van der Waals surface area contributed by atoms with Crippen molar-refractivity contribution in [2.45, 2.75) is 57.8 Å². The van der Waals surface area contributed by atoms with Gasteiger partial charge >= 0.3 is 0 Å². The van der Waals surface area contributed by atoms with Gasteiger partial charge in [0, 0.05) is 31.7 Å². The summed E-state index contributed by atoms with van der Waals surface area (Å²) in [6.45, 7) is 6.52. The molecule has 4 nitrogen and oxygen atoms in total. The van der Waals surface area contributed by atoms with Crippen molar-refractivity contribution in [3.63, 3.8) is 0 Å². The molecule has 0 amide bonds. The predicted molar refractivity (Wildman–Crippen MR) is 151 cm³/mol. The van der Waals surface area contributed by atoms with E-state index in [0.29, 0.717) is 23.5 Å². The molecule has 4 aliphatic rings. The molecular formula is C33H42N2O2. The van der Waals surface area contributed by atoms with Crippen LogP contribution >= 0.6 is 0 Å². The average Bonchev–Trinajstić information content (AvgIpc) is 3.51. The van der Waals surface area contributed by atoms with E-state index in [2.05, 4.69) is 79.4 Å². The van der Waals surface area contributed by atoms with Gasteiger partial charge in [0.2, 0.25) is 0 Å². The molecule has 0 spiro atoms. The van der Waals surface area contributed by atoms with E-state index in [0.717, 1.165) is 55.7 Å². The minimum atomic E-state index is -0.202. The van der Waals surface area contributed by atoms with Gasteiger partial charge < -0.3 is 9.64 Å². The molecule has 0 N–H and O–H groups in total. The molecule has 1 heterocycles. The van der Waals surface area contributed by atoms with E-state index in [1.165, 1.54) is 49.2 Å². The van der Waals surface area contributed by atoms with Crippen molar-refractivity contribution in [1.82, 2.24) is 4.90 Å². The van der Waals surface area contributed by atoms with Gasteiger partial charge in [-0.2, -0.15) is 0 Å². The standard InChI is InChI=1S/C33H42N2O2/c1-33-15-14-29-28-13-11-27(37-19-18-35-16-4-5-17-35)21-24(28)8-12-30(29)31(33)22-25(32(33)36)20-23-6-9-26(10-7-23)34(2)3/h6-7,9-11,13,20-21,29-31H,4-5,8,12,14-19,22H2,1-3H3/b25-20+/t29-,30-,31+,33+/m1/s1. The van der Waals surface area contributed by atoms with E-state index in [9.17, 15) is 4.79 Å². The van der Waals surface area contributed by atoms with Crippen LogP contribution in [0, 0.1) is 17.3 Å². The number of nitrogens with zero attached hydrogens (tertiary/aromatic N) is 2. The van der Waals surface area contributed by atoms with Crippen LogP contribution in [0.2, 0.25) is 0 Å². The highest BCUT2D eigenvalue weighted by Gasteiger charge is 2.56. The molecule has 4 heteroatoms. The van der Waals surface area contributed by atoms with Crippen molar-refractivity contribution in [2.75, 3.05) is 45.2 Å². The lowest BCUT2D eigenvalue weighted by Gasteiger charge is -2.48. The van der Waals surface area contributed by atoms with Gasteiger partial charge in [-0.25, -0.2) is 0 Å². The average molecular weight is 499 g/mol. The molecule has 0 unspecified atom stereocenters. The Hall–Kier alpha value is -2.59. The third-order valence-electron chi connectivity index (χ3n) is 9.96. The summed E-state index contributed by atoms with van der Waals surface area (Å²) in [6, 6.07) is 15.4. The third kappa shape index (κ3) is 4.63. The van der Waals surface area contributed by atoms with Crippen molar-refractivity contribution in [2.24, 2.45) is 17.3 Å². The Labute approximate surface area is 222 Å². The minimum Gasteiger partial charge on any atom is -0.492 e. The molecule has 2 aromatic carbocycles. The van der Waals surface area contributed by atoms with Crippen LogP contribution in [0.3, 0.4) is 0 Å². The number of rotatable bonds is 6. The lowest BCUT2D eigenvalue weighted by atomic mass is 9.55. The maximum absolute atomic E-state index is 13.7. The van der Waals surface area contributed by atoms with E-state index in [4.69, 9.17) is 4.74 Å². The minimum absolute atomic E-state index is 0.202. The number of ketones is 1. The first-order valence-corrected chi connectivity index (χ1v) is 14.4. The monoisotopic (exact) mass is 498 g/mol. The lowest BCUT2D eigenvalue weighted by Crippen LogP contribution is -2.42. The van der Waals surface area contributed by atoms with E-state index in [1.807, 2.05) is 0 Å². The van der Waals surface area contributed by atoms with Gasteiger partial charge in [-0.3, -0.25) is 9.69 Å². The number of aryl methyl sites for hydroxylation is 1. The quantitative estimate of drug-likeness (QED) is 0.435. The second-order valence-electron chi connectivity index (χ2n) is 12.3. The number of benzene rings is 2. The third-order valence-corrected chi connectivity index (χ3v) is 9.96. The van der Waals surface area contributed by atoms with Crippen molar-refractivity contribution in [1.29, 1.82) is 0 Å². The van der Waals surface area contributed by atoms with Crippen LogP contribution in [-0.2, 0) is 11.2 Å². The van der Waals surface area contributed by atoms with Crippen LogP contribution in [0.1, 0.15) is 68.1 Å². The predicted octanol–water partition coefficient (Wildman–Crippen LogP) is 6.35. The Kier molecular flexibility index (Phi) is 6.65. The number of hydrogen-bond acceptors (Lipinski definition) is 4. The number of carbonyl (C=O) groups is 1. The van der Waals surface area contributed by atoms with Crippen LogP contribution < -0.4 is 9.64 Å². The van der Waals surface area contributed by atoms with Crippen molar-refractivity contribution < 1.29 is 9.53 Å². The summed E-state index contributed by atoms with van der Waals surface area (Å²) in [6.07, 6.45) is 10.2. The number of fused-ring (bicyclic) bond motifs is 5. The van der Waals surface area contributed by atoms with Crippen LogP contribution in [0.25, 0.3) is 6.08 Å². The molecule has 1 saturated heterocycles. The summed E-state index contributed by atoms with van der Waals surface area (Å²) >= 11 is 0. The SMILES string of the molecule is CN(C)c1ccc(/C=C2\C[C@H]3[C@@H]4CCc5cc(OCCN6CCCC6)ccc5[C@H]4CC[C@]3(C)C2=O)cc1. The summed E-state index contributed by atoms with van der Waals surface area (Å²) in [4.78, 5) is 18.3. The second kappa shape index (κ2) is 9.94. The molecule has 1 aliphatic heterocycles. The van der Waals surface area contributed by atoms with Gasteiger partial charge in [-0.1, -0.05) is 25.1 Å². The number of ether oxygens (including phenoxy) is 1. The van der Waals surface area contributed by atoms with E-state index < -0.39 is 0 Å². The van der Waals surface area contributed by atoms with Gasteiger partial charge in [0.1, 0.15) is 12.4 Å². The highest BCUT2D eigenvalue weighted by atomic mass is 16.5. The number of anilines is 1. The second-order valence-corrected chi connectivity index (χ2v) is 12.3. The van der Waals surface area contributed by atoms with Crippen molar-refractivity contribution >= 4 is 17.5 Å². The number of carbonyl (C=O) groups excluding carboxylic acids is 1. The van der Waals surface area contributed by atoms with Crippen LogP contribution in [0.15, 0.2) is 48.0 Å². The first-order valence-electron chi connectivity index (χ1n) is 14.4. The molecule has 0 radical (unpaired) electrons. The fourth-order valence-corrected chi connectivity index (χ4v) is 7.82. The Morgan fingerprint density at radius 1 is 1.08 bits per heavy atom. The fraction of sp³-hybridized carbons (Fsp3) is 0.545. The zero-order valence-electron chi connectivity index (χ0n) is 22.8. The zero-order valence-corrected chi connectivity index (χ0v) is 22.8. The number of hydrogen-bond donors (Lipinski definition) is 0. The lowest BCUT2D eigenvalue weighted by molar-refractivity contribution is -0.127. The van der Waals surface area contributed by atoms with Crippen LogP contribution in [0.5, 0.6) is 5.75 Å². The first kappa shape index (κ1) is 24.7. The summed E-state index contributed by atoms with van der Waals surface area (Å²) in [5, 5.41) is 0. The van der Waals surface area contributed by atoms with E-state index in [1.54, 1.807) is 0 Å². The van der Waals surface area contributed by atoms with Crippen molar-refractivity contribution in [3.8, 4) is 5.75 Å². The number of Topliss-reactive ketones (excluding diaryl/α,β-unsaturated/α-hetero) is 1. The Morgan fingerprint density at radius 2 is 1.86 bits per heavy atom. The molecule has 196 valence electrons. The molecule has 0 bridgehead atoms. The van der Waals surface area contributed by atoms with Crippen LogP contribution in [0.4, 0.5) is 5.69 Å². The van der Waals surface area contributed by atoms with Gasteiger partial charge in [0.15, 0.2) is 5.78 Å². The topological polar surface area (TPSA) is 32.8 Å². The van der Waals surface area contributed by atoms with E-state index in [-0.39, 0.29) is 5.41 Å². The molecular weight excluding hydrogens is 456 g/mol. The fourth-order valence-electron chi connectivity index (χ4n) is 7.82. The number of likely N-dealkylation sites (tertiary alicyclic amines) is 1. The van der Waals surface area contributed by atoms with E-state index >= 15 is 0 Å². The van der Waals surface area contributed by atoms with Gasteiger partial charge in [-0.15, -0.1) is 0 Å². The zero-order chi connectivity index (χ0) is 25.6. The first-order chi connectivity index (χ1) is 17.9. The molecule has 3 aliphatic carbocycles. The van der Waals surface area contributed by atoms with Crippen molar-refractivity contribution in [3.05, 3.63) is 64.7 Å². The van der Waals surface area contributed by atoms with Gasteiger partial charge in [0.25, 0.3) is 0 Å². The molecule has 0 aromatic heterocycles. The summed E-state index contributed by atoms with van der Waals surface area (Å²) in [7, 11) is 4.11. The Bertz CT molecular complexity index is 1180. The summed E-state index contributed by atoms with van der Waals surface area (Å²) in [5.41, 5.74) is 6.16. The van der Waals surface area contributed by atoms with Gasteiger partial charge in [-0.05, 0) is 128 Å². The molecule has 37 heavy (non-hydrogen) atoms. The largest absolute Gasteiger partial charge is 0.492 e. The highest BCUT2D eigenvalue weighted by Crippen LogP contribution is 2.61. The Balaban J connectivity index is 1.17. The van der Waals surface area contributed by atoms with Gasteiger partial charge in [0.05, 0.1) is 0 Å². The molecule has 2 aromatic rings. The molecule has 4 atom stereocenters. The number of allylic oxidation sites excluding steroid dienone is 1. The Morgan fingerprint density at radius 3 is 2.62 bits per heavy atom. The smallest absolute Gasteiger partial charge is 0.165 e. The van der Waals surface area contributed by atoms with Crippen LogP contribution in [-0.4, -0.2) is 51.0 Å². The summed E-state index contributed by atoms with van der Waals surface area (Å²) < 4.78 is 6.16. The normalized spacial score (nSPS) is 30.2.